The smallest absolute Gasteiger partial charge is 0.310 e. The Hall–Kier alpha value is -1.62. The highest BCUT2D eigenvalue weighted by Crippen LogP contribution is 2.60. The molecule has 128 valence electrons. The molecule has 1 amide bonds. The SMILES string of the molecule is CC1(C)[C@H]2CC=C(CN3C[C@]45C=C[C@H](O4)[C@H](C(=O)O)[C@@H]5C3=O)[C@H]1C2. The molecule has 3 aliphatic carbocycles. The lowest BCUT2D eigenvalue weighted by molar-refractivity contribution is -0.148. The lowest BCUT2D eigenvalue weighted by Gasteiger charge is -2.56. The maximum absolute atomic E-state index is 13.0. The number of aliphatic carboxylic acids is 1. The lowest BCUT2D eigenvalue weighted by Crippen LogP contribution is -2.50. The Bertz CT molecular complexity index is 708. The fourth-order valence-electron chi connectivity index (χ4n) is 5.87. The minimum Gasteiger partial charge on any atom is -0.481 e. The summed E-state index contributed by atoms with van der Waals surface area (Å²) in [5, 5.41) is 9.53. The number of fused-ring (bicyclic) bond motifs is 2. The molecule has 3 heterocycles. The van der Waals surface area contributed by atoms with E-state index in [2.05, 4.69) is 19.9 Å². The summed E-state index contributed by atoms with van der Waals surface area (Å²) in [6.45, 7) is 5.77. The monoisotopic (exact) mass is 329 g/mol. The van der Waals surface area contributed by atoms with Crippen LogP contribution in [0, 0.1) is 29.1 Å². The van der Waals surface area contributed by atoms with Crippen LogP contribution in [-0.4, -0.2) is 46.7 Å². The van der Waals surface area contributed by atoms with E-state index < -0.39 is 29.5 Å². The number of carboxylic acid groups (broad SMARTS) is 1. The molecule has 24 heavy (non-hydrogen) atoms. The Labute approximate surface area is 141 Å². The predicted octanol–water partition coefficient (Wildman–Crippen LogP) is 1.85. The summed E-state index contributed by atoms with van der Waals surface area (Å²) in [5.74, 6) is -0.934. The first kappa shape index (κ1) is 14.7. The van der Waals surface area contributed by atoms with Crippen LogP contribution in [0.3, 0.4) is 0 Å². The summed E-state index contributed by atoms with van der Waals surface area (Å²) < 4.78 is 5.95. The van der Waals surface area contributed by atoms with Gasteiger partial charge in [-0.1, -0.05) is 37.6 Å². The first-order chi connectivity index (χ1) is 11.3. The third-order valence-corrected chi connectivity index (χ3v) is 7.42. The second-order valence-electron chi connectivity index (χ2n) is 8.75. The maximum Gasteiger partial charge on any atom is 0.310 e. The number of carbonyl (C=O) groups excluding carboxylic acids is 1. The Kier molecular flexibility index (Phi) is 2.64. The molecule has 0 radical (unpaired) electrons. The first-order valence-electron chi connectivity index (χ1n) is 8.91. The molecule has 0 aromatic carbocycles. The zero-order valence-electron chi connectivity index (χ0n) is 14.1. The molecule has 6 rings (SSSR count). The number of allylic oxidation sites excluding steroid dienone is 1. The number of hydrogen-bond donors (Lipinski definition) is 1. The van der Waals surface area contributed by atoms with Crippen molar-refractivity contribution in [3.05, 3.63) is 23.8 Å². The van der Waals surface area contributed by atoms with Gasteiger partial charge in [-0.2, -0.15) is 0 Å². The Morgan fingerprint density at radius 2 is 2.25 bits per heavy atom. The molecule has 1 N–H and O–H groups in total. The van der Waals surface area contributed by atoms with Gasteiger partial charge in [0.1, 0.15) is 11.5 Å². The number of amides is 1. The van der Waals surface area contributed by atoms with E-state index in [-0.39, 0.29) is 5.91 Å². The number of rotatable bonds is 3. The number of ether oxygens (including phenoxy) is 1. The number of nitrogens with zero attached hydrogens (tertiary/aromatic N) is 1. The van der Waals surface area contributed by atoms with Gasteiger partial charge in [-0.3, -0.25) is 9.59 Å². The number of carbonyl (C=O) groups is 2. The summed E-state index contributed by atoms with van der Waals surface area (Å²) in [6.07, 6.45) is 7.95. The van der Waals surface area contributed by atoms with Crippen molar-refractivity contribution in [1.82, 2.24) is 4.90 Å². The Balaban J connectivity index is 1.40. The number of carboxylic acids is 1. The van der Waals surface area contributed by atoms with Crippen LogP contribution in [-0.2, 0) is 14.3 Å². The molecule has 1 spiro atoms. The largest absolute Gasteiger partial charge is 0.481 e. The van der Waals surface area contributed by atoms with Gasteiger partial charge in [-0.15, -0.1) is 0 Å². The van der Waals surface area contributed by atoms with Crippen LogP contribution in [0.15, 0.2) is 23.8 Å². The second kappa shape index (κ2) is 4.31. The molecule has 3 fully saturated rings. The van der Waals surface area contributed by atoms with E-state index in [0.29, 0.717) is 24.4 Å². The molecular weight excluding hydrogens is 306 g/mol. The van der Waals surface area contributed by atoms with Crippen LogP contribution in [0.4, 0.5) is 0 Å². The standard InChI is InChI=1S/C19H23NO4/c1-18(2)11-4-3-10(12(18)7-11)8-20-9-19-6-5-13(24-19)14(17(22)23)15(19)16(20)21/h3,5-6,11-15H,4,7-9H2,1-2H3,(H,22,23)/t11-,12+,13-,14-,15+,19-/m0/s1. The molecule has 2 saturated heterocycles. The normalized spacial score (nSPS) is 46.8. The molecule has 4 bridgehead atoms. The van der Waals surface area contributed by atoms with E-state index in [4.69, 9.17) is 4.74 Å². The molecule has 5 nitrogen and oxygen atoms in total. The lowest BCUT2D eigenvalue weighted by atomic mass is 9.49. The molecule has 0 unspecified atom stereocenters. The van der Waals surface area contributed by atoms with E-state index in [9.17, 15) is 14.7 Å². The van der Waals surface area contributed by atoms with Gasteiger partial charge in [0, 0.05) is 6.54 Å². The summed E-state index contributed by atoms with van der Waals surface area (Å²) in [7, 11) is 0. The van der Waals surface area contributed by atoms with Crippen molar-refractivity contribution >= 4 is 11.9 Å². The van der Waals surface area contributed by atoms with Crippen molar-refractivity contribution in [2.24, 2.45) is 29.1 Å². The van der Waals surface area contributed by atoms with Crippen LogP contribution in [0.1, 0.15) is 26.7 Å². The average molecular weight is 329 g/mol. The van der Waals surface area contributed by atoms with E-state index in [1.807, 2.05) is 17.1 Å². The quantitative estimate of drug-likeness (QED) is 0.803. The minimum atomic E-state index is -0.925. The van der Waals surface area contributed by atoms with Crippen LogP contribution in [0.5, 0.6) is 0 Å². The molecular formula is C19H23NO4. The highest BCUT2D eigenvalue weighted by atomic mass is 16.5. The average Bonchev–Trinajstić information content (AvgIpc) is 3.16. The highest BCUT2D eigenvalue weighted by Gasteiger charge is 2.67. The minimum absolute atomic E-state index is 0.0468. The van der Waals surface area contributed by atoms with Crippen LogP contribution in [0.2, 0.25) is 0 Å². The fraction of sp³-hybridized carbons (Fsp3) is 0.684. The molecule has 5 heteroatoms. The van der Waals surface area contributed by atoms with Crippen molar-refractivity contribution in [3.63, 3.8) is 0 Å². The Morgan fingerprint density at radius 3 is 2.92 bits per heavy atom. The highest BCUT2D eigenvalue weighted by molar-refractivity contribution is 5.90. The third-order valence-electron chi connectivity index (χ3n) is 7.42. The van der Waals surface area contributed by atoms with Gasteiger partial charge >= 0.3 is 5.97 Å². The molecule has 6 aliphatic rings. The van der Waals surface area contributed by atoms with Gasteiger partial charge in [0.15, 0.2) is 0 Å². The van der Waals surface area contributed by atoms with Crippen molar-refractivity contribution < 1.29 is 19.4 Å². The molecule has 3 aliphatic heterocycles. The second-order valence-corrected chi connectivity index (χ2v) is 8.75. The summed E-state index contributed by atoms with van der Waals surface area (Å²) in [4.78, 5) is 26.4. The predicted molar refractivity (Wildman–Crippen MR) is 86.0 cm³/mol. The van der Waals surface area contributed by atoms with Crippen LogP contribution in [0.25, 0.3) is 0 Å². The van der Waals surface area contributed by atoms with E-state index in [1.54, 1.807) is 0 Å². The van der Waals surface area contributed by atoms with Gasteiger partial charge in [0.25, 0.3) is 0 Å². The van der Waals surface area contributed by atoms with Crippen LogP contribution >= 0.6 is 0 Å². The summed E-state index contributed by atoms with van der Waals surface area (Å²) in [5.41, 5.74) is 0.981. The van der Waals surface area contributed by atoms with Crippen molar-refractivity contribution in [2.45, 2.75) is 38.4 Å². The van der Waals surface area contributed by atoms with Gasteiger partial charge in [0.2, 0.25) is 5.91 Å². The van der Waals surface area contributed by atoms with Gasteiger partial charge in [-0.25, -0.2) is 0 Å². The molecule has 0 aromatic rings. The third kappa shape index (κ3) is 1.59. The van der Waals surface area contributed by atoms with E-state index in [0.717, 1.165) is 12.3 Å². The summed E-state index contributed by atoms with van der Waals surface area (Å²) in [6, 6.07) is 0. The zero-order chi connectivity index (χ0) is 16.9. The molecule has 1 saturated carbocycles. The number of hydrogen-bond acceptors (Lipinski definition) is 3. The van der Waals surface area contributed by atoms with E-state index >= 15 is 0 Å². The zero-order valence-corrected chi connectivity index (χ0v) is 14.1. The van der Waals surface area contributed by atoms with Crippen molar-refractivity contribution in [1.29, 1.82) is 0 Å². The fourth-order valence-corrected chi connectivity index (χ4v) is 5.87. The first-order valence-corrected chi connectivity index (χ1v) is 8.91. The topological polar surface area (TPSA) is 66.8 Å². The number of likely N-dealkylation sites (tertiary alicyclic amines) is 1. The van der Waals surface area contributed by atoms with Crippen molar-refractivity contribution in [2.75, 3.05) is 13.1 Å². The van der Waals surface area contributed by atoms with Gasteiger partial charge < -0.3 is 14.7 Å². The molecule has 6 atom stereocenters. The van der Waals surface area contributed by atoms with Crippen LogP contribution < -0.4 is 0 Å². The van der Waals surface area contributed by atoms with Gasteiger partial charge in [-0.05, 0) is 30.1 Å². The van der Waals surface area contributed by atoms with Crippen molar-refractivity contribution in [3.8, 4) is 0 Å². The summed E-state index contributed by atoms with van der Waals surface area (Å²) >= 11 is 0. The Morgan fingerprint density at radius 1 is 1.46 bits per heavy atom. The van der Waals surface area contributed by atoms with E-state index in [1.165, 1.54) is 12.0 Å². The maximum atomic E-state index is 13.0. The molecule has 0 aromatic heterocycles. The van der Waals surface area contributed by atoms with Gasteiger partial charge in [0.05, 0.1) is 18.6 Å².